The molecule has 0 aliphatic carbocycles. The average Bonchev–Trinajstić information content (AvgIpc) is 2.51. The molecule has 118 valence electrons. The van der Waals surface area contributed by atoms with Crippen molar-refractivity contribution in [2.75, 3.05) is 13.1 Å². The van der Waals surface area contributed by atoms with Crippen LogP contribution in [0.3, 0.4) is 0 Å². The van der Waals surface area contributed by atoms with Crippen molar-refractivity contribution in [1.82, 2.24) is 10.6 Å². The number of nitrogens with zero attached hydrogens (tertiary/aromatic N) is 1. The first kappa shape index (κ1) is 17.5. The van der Waals surface area contributed by atoms with Gasteiger partial charge in [0.1, 0.15) is 0 Å². The summed E-state index contributed by atoms with van der Waals surface area (Å²) in [4.78, 5) is 4.57. The zero-order chi connectivity index (χ0) is 15.7. The van der Waals surface area contributed by atoms with Gasteiger partial charge in [-0.05, 0) is 32.3 Å². The Kier molecular flexibility index (Phi) is 7.23. The Morgan fingerprint density at radius 2 is 1.71 bits per heavy atom. The van der Waals surface area contributed by atoms with Crippen molar-refractivity contribution in [3.8, 4) is 0 Å². The first-order valence-electron chi connectivity index (χ1n) is 7.83. The minimum Gasteiger partial charge on any atom is -0.388 e. The number of aliphatic imine (C=N–C) groups is 1. The summed E-state index contributed by atoms with van der Waals surface area (Å²) >= 11 is 0. The zero-order valence-corrected chi connectivity index (χ0v) is 13.7. The molecule has 4 nitrogen and oxygen atoms in total. The van der Waals surface area contributed by atoms with Crippen molar-refractivity contribution >= 4 is 5.96 Å². The predicted octanol–water partition coefficient (Wildman–Crippen LogP) is 2.60. The van der Waals surface area contributed by atoms with Gasteiger partial charge < -0.3 is 15.7 Å². The fraction of sp³-hybridized carbons (Fsp3) is 0.588. The van der Waals surface area contributed by atoms with Crippen LogP contribution in [0, 0.1) is 6.92 Å². The van der Waals surface area contributed by atoms with E-state index in [4.69, 9.17) is 0 Å². The molecule has 0 atom stereocenters. The highest BCUT2D eigenvalue weighted by atomic mass is 16.3. The molecule has 0 saturated carbocycles. The molecule has 3 N–H and O–H groups in total. The van der Waals surface area contributed by atoms with E-state index in [0.29, 0.717) is 13.1 Å². The van der Waals surface area contributed by atoms with Gasteiger partial charge >= 0.3 is 0 Å². The number of hydrogen-bond donors (Lipinski definition) is 3. The van der Waals surface area contributed by atoms with Crippen LogP contribution in [0.2, 0.25) is 0 Å². The molecule has 0 aliphatic heterocycles. The minimum atomic E-state index is -0.667. The van der Waals surface area contributed by atoms with E-state index >= 15 is 0 Å². The summed E-state index contributed by atoms with van der Waals surface area (Å²) in [7, 11) is 0. The molecule has 0 radical (unpaired) electrons. The molecule has 0 spiro atoms. The highest BCUT2D eigenvalue weighted by Crippen LogP contribution is 2.12. The number of rotatable bonds is 7. The van der Waals surface area contributed by atoms with E-state index in [9.17, 15) is 5.11 Å². The van der Waals surface area contributed by atoms with E-state index in [1.54, 1.807) is 0 Å². The number of aliphatic hydroxyl groups is 1. The van der Waals surface area contributed by atoms with E-state index in [1.165, 1.54) is 11.1 Å². The Hall–Kier alpha value is -1.55. The normalized spacial score (nSPS) is 12.3. The van der Waals surface area contributed by atoms with Crippen molar-refractivity contribution in [3.63, 3.8) is 0 Å². The maximum Gasteiger partial charge on any atom is 0.191 e. The second kappa shape index (κ2) is 8.67. The number of nitrogens with one attached hydrogen (secondary N) is 2. The van der Waals surface area contributed by atoms with E-state index < -0.39 is 5.60 Å². The quantitative estimate of drug-likeness (QED) is 0.534. The lowest BCUT2D eigenvalue weighted by molar-refractivity contribution is 0.0367. The molecule has 1 aromatic carbocycles. The summed E-state index contributed by atoms with van der Waals surface area (Å²) in [6.45, 7) is 10.1. The van der Waals surface area contributed by atoms with Gasteiger partial charge in [-0.2, -0.15) is 0 Å². The summed E-state index contributed by atoms with van der Waals surface area (Å²) < 4.78 is 0. The largest absolute Gasteiger partial charge is 0.388 e. The SMILES string of the molecule is CCNC(=NCc1ccc(C)cc1)NCC(O)(CC)CC. The van der Waals surface area contributed by atoms with Crippen molar-refractivity contribution < 1.29 is 5.11 Å². The third-order valence-electron chi connectivity index (χ3n) is 3.79. The molecule has 4 heteroatoms. The maximum absolute atomic E-state index is 10.3. The molecular formula is C17H29N3O. The third kappa shape index (κ3) is 6.17. The zero-order valence-electron chi connectivity index (χ0n) is 13.7. The fourth-order valence-corrected chi connectivity index (χ4v) is 1.95. The second-order valence-electron chi connectivity index (χ2n) is 5.47. The van der Waals surface area contributed by atoms with Gasteiger partial charge in [0, 0.05) is 13.1 Å². The first-order valence-corrected chi connectivity index (χ1v) is 7.83. The minimum absolute atomic E-state index is 0.514. The summed E-state index contributed by atoms with van der Waals surface area (Å²) in [5.41, 5.74) is 1.77. The van der Waals surface area contributed by atoms with Gasteiger partial charge in [0.15, 0.2) is 5.96 Å². The van der Waals surface area contributed by atoms with E-state index in [0.717, 1.165) is 25.3 Å². The first-order chi connectivity index (χ1) is 10.0. The van der Waals surface area contributed by atoms with Gasteiger partial charge in [-0.3, -0.25) is 0 Å². The van der Waals surface area contributed by atoms with Gasteiger partial charge in [-0.25, -0.2) is 4.99 Å². The van der Waals surface area contributed by atoms with Gasteiger partial charge in [0.05, 0.1) is 12.1 Å². The molecule has 21 heavy (non-hydrogen) atoms. The number of hydrogen-bond acceptors (Lipinski definition) is 2. The van der Waals surface area contributed by atoms with Gasteiger partial charge in [-0.1, -0.05) is 43.7 Å². The lowest BCUT2D eigenvalue weighted by Gasteiger charge is -2.26. The molecule has 0 heterocycles. The Bertz CT molecular complexity index is 436. The van der Waals surface area contributed by atoms with Crippen molar-refractivity contribution in [1.29, 1.82) is 0 Å². The van der Waals surface area contributed by atoms with Crippen LogP contribution in [0.4, 0.5) is 0 Å². The molecule has 0 saturated heterocycles. The van der Waals surface area contributed by atoms with Gasteiger partial charge in [0.2, 0.25) is 0 Å². The highest BCUT2D eigenvalue weighted by Gasteiger charge is 2.22. The number of guanidine groups is 1. The Balaban J connectivity index is 2.63. The van der Waals surface area contributed by atoms with E-state index in [2.05, 4.69) is 46.8 Å². The lowest BCUT2D eigenvalue weighted by atomic mass is 9.98. The maximum atomic E-state index is 10.3. The van der Waals surface area contributed by atoms with E-state index in [-0.39, 0.29) is 0 Å². The number of aryl methyl sites for hydroxylation is 1. The lowest BCUT2D eigenvalue weighted by Crippen LogP contribution is -2.46. The summed E-state index contributed by atoms with van der Waals surface area (Å²) in [6.07, 6.45) is 1.46. The summed E-state index contributed by atoms with van der Waals surface area (Å²) in [5, 5.41) is 16.8. The second-order valence-corrected chi connectivity index (χ2v) is 5.47. The topological polar surface area (TPSA) is 56.7 Å². The molecule has 1 rings (SSSR count). The monoisotopic (exact) mass is 291 g/mol. The van der Waals surface area contributed by atoms with Crippen LogP contribution in [0.5, 0.6) is 0 Å². The molecule has 0 bridgehead atoms. The van der Waals surface area contributed by atoms with Gasteiger partial charge in [0.25, 0.3) is 0 Å². The molecule has 0 aromatic heterocycles. The van der Waals surface area contributed by atoms with Crippen LogP contribution in [0.15, 0.2) is 29.3 Å². The van der Waals surface area contributed by atoms with Crippen molar-refractivity contribution in [2.45, 2.75) is 52.7 Å². The Labute approximate surface area is 128 Å². The molecule has 0 amide bonds. The highest BCUT2D eigenvalue weighted by molar-refractivity contribution is 5.79. The smallest absolute Gasteiger partial charge is 0.191 e. The predicted molar refractivity (Wildman–Crippen MR) is 89.5 cm³/mol. The van der Waals surface area contributed by atoms with Gasteiger partial charge in [-0.15, -0.1) is 0 Å². The molecular weight excluding hydrogens is 262 g/mol. The standard InChI is InChI=1S/C17H29N3O/c1-5-17(21,6-2)13-20-16(18-7-3)19-12-15-10-8-14(4)9-11-15/h8-11,21H,5-7,12-13H2,1-4H3,(H2,18,19,20). The molecule has 0 aliphatic rings. The van der Waals surface area contributed by atoms with Crippen molar-refractivity contribution in [2.24, 2.45) is 4.99 Å². The van der Waals surface area contributed by atoms with E-state index in [1.807, 2.05) is 20.8 Å². The van der Waals surface area contributed by atoms with Crippen LogP contribution in [0.25, 0.3) is 0 Å². The van der Waals surface area contributed by atoms with Crippen LogP contribution in [-0.4, -0.2) is 29.8 Å². The third-order valence-corrected chi connectivity index (χ3v) is 3.79. The van der Waals surface area contributed by atoms with Crippen LogP contribution in [-0.2, 0) is 6.54 Å². The van der Waals surface area contributed by atoms with Crippen LogP contribution in [0.1, 0.15) is 44.7 Å². The summed E-state index contributed by atoms with van der Waals surface area (Å²) in [6, 6.07) is 8.38. The Morgan fingerprint density at radius 1 is 1.10 bits per heavy atom. The molecule has 0 fully saturated rings. The number of benzene rings is 1. The fourth-order valence-electron chi connectivity index (χ4n) is 1.95. The average molecular weight is 291 g/mol. The van der Waals surface area contributed by atoms with Crippen LogP contribution < -0.4 is 10.6 Å². The van der Waals surface area contributed by atoms with Crippen LogP contribution >= 0.6 is 0 Å². The Morgan fingerprint density at radius 3 is 2.24 bits per heavy atom. The summed E-state index contributed by atoms with van der Waals surface area (Å²) in [5.74, 6) is 0.749. The molecule has 1 aromatic rings. The molecule has 0 unspecified atom stereocenters. The van der Waals surface area contributed by atoms with Crippen molar-refractivity contribution in [3.05, 3.63) is 35.4 Å².